The Kier molecular flexibility index (Phi) is 4.82. The summed E-state index contributed by atoms with van der Waals surface area (Å²) in [4.78, 5) is 11.1. The minimum atomic E-state index is 0.384. The Morgan fingerprint density at radius 1 is 1.32 bits per heavy atom. The Hall–Kier alpha value is -1.07. The van der Waals surface area contributed by atoms with Crippen molar-refractivity contribution in [3.8, 4) is 5.75 Å². The van der Waals surface area contributed by atoms with Gasteiger partial charge in [-0.3, -0.25) is 0 Å². The molecule has 1 aliphatic heterocycles. The van der Waals surface area contributed by atoms with E-state index < -0.39 is 0 Å². The van der Waals surface area contributed by atoms with Crippen molar-refractivity contribution in [1.29, 1.82) is 0 Å². The summed E-state index contributed by atoms with van der Waals surface area (Å²) in [6, 6.07) is 0. The van der Waals surface area contributed by atoms with E-state index in [1.54, 1.807) is 7.11 Å². The van der Waals surface area contributed by atoms with Crippen molar-refractivity contribution in [3.05, 3.63) is 11.0 Å². The van der Waals surface area contributed by atoms with Crippen LogP contribution in [0.1, 0.15) is 19.7 Å². The van der Waals surface area contributed by atoms with Gasteiger partial charge in [0, 0.05) is 19.5 Å². The third-order valence-electron chi connectivity index (χ3n) is 2.96. The van der Waals surface area contributed by atoms with Crippen molar-refractivity contribution in [2.45, 2.75) is 20.3 Å². The van der Waals surface area contributed by atoms with Gasteiger partial charge in [0.25, 0.3) is 0 Å². The number of rotatable bonds is 4. The fourth-order valence-corrected chi connectivity index (χ4v) is 2.33. The number of methoxy groups -OCH3 is 1. The average molecular weight is 286 g/mol. The smallest absolute Gasteiger partial charge is 0.199 e. The number of ether oxygens (including phenoxy) is 2. The first-order valence-electron chi connectivity index (χ1n) is 6.55. The molecular weight excluding hydrogens is 266 g/mol. The molecule has 2 heterocycles. The molecule has 0 aliphatic carbocycles. The maximum absolute atomic E-state index is 6.20. The first kappa shape index (κ1) is 14.3. The molecule has 0 spiro atoms. The summed E-state index contributed by atoms with van der Waals surface area (Å²) in [5.41, 5.74) is 0. The lowest BCUT2D eigenvalue weighted by Gasteiger charge is -2.29. The van der Waals surface area contributed by atoms with Crippen molar-refractivity contribution in [1.82, 2.24) is 9.97 Å². The number of aromatic nitrogens is 2. The van der Waals surface area contributed by atoms with Gasteiger partial charge in [-0.2, -0.15) is 0 Å². The van der Waals surface area contributed by atoms with Gasteiger partial charge in [-0.15, -0.1) is 0 Å². The molecule has 19 heavy (non-hydrogen) atoms. The van der Waals surface area contributed by atoms with E-state index in [4.69, 9.17) is 21.1 Å². The standard InChI is InChI=1S/C13H20ClN3O2/c1-9(2)8-10-15-12(14)11(18-3)13(16-10)17-4-6-19-7-5-17/h9H,4-8H2,1-3H3. The molecule has 0 aromatic carbocycles. The topological polar surface area (TPSA) is 47.5 Å². The van der Waals surface area contributed by atoms with Crippen molar-refractivity contribution in [2.75, 3.05) is 38.3 Å². The SMILES string of the molecule is COc1c(Cl)nc(CC(C)C)nc1N1CCOCC1. The highest BCUT2D eigenvalue weighted by atomic mass is 35.5. The number of anilines is 1. The molecule has 0 atom stereocenters. The number of morpholine rings is 1. The summed E-state index contributed by atoms with van der Waals surface area (Å²) in [5.74, 6) is 2.59. The van der Waals surface area contributed by atoms with E-state index in [1.807, 2.05) is 0 Å². The molecular formula is C13H20ClN3O2. The zero-order valence-corrected chi connectivity index (χ0v) is 12.4. The Bertz CT molecular complexity index is 434. The molecule has 6 heteroatoms. The van der Waals surface area contributed by atoms with Gasteiger partial charge < -0.3 is 14.4 Å². The molecule has 0 N–H and O–H groups in total. The molecule has 0 unspecified atom stereocenters. The highest BCUT2D eigenvalue weighted by Gasteiger charge is 2.21. The fraction of sp³-hybridized carbons (Fsp3) is 0.692. The Balaban J connectivity index is 2.34. The Morgan fingerprint density at radius 2 is 2.00 bits per heavy atom. The zero-order valence-electron chi connectivity index (χ0n) is 11.6. The molecule has 0 radical (unpaired) electrons. The maximum Gasteiger partial charge on any atom is 0.199 e. The van der Waals surface area contributed by atoms with E-state index in [0.717, 1.165) is 31.2 Å². The molecule has 5 nitrogen and oxygen atoms in total. The Labute approximate surface area is 118 Å². The minimum Gasteiger partial charge on any atom is -0.490 e. The molecule has 1 aliphatic rings. The first-order chi connectivity index (χ1) is 9.11. The highest BCUT2D eigenvalue weighted by Crippen LogP contribution is 2.33. The third kappa shape index (κ3) is 3.48. The Morgan fingerprint density at radius 3 is 2.58 bits per heavy atom. The third-order valence-corrected chi connectivity index (χ3v) is 3.21. The summed E-state index contributed by atoms with van der Waals surface area (Å²) < 4.78 is 10.7. The van der Waals surface area contributed by atoms with Gasteiger partial charge in [0.05, 0.1) is 20.3 Å². The van der Waals surface area contributed by atoms with Gasteiger partial charge >= 0.3 is 0 Å². The lowest BCUT2D eigenvalue weighted by Crippen LogP contribution is -2.37. The highest BCUT2D eigenvalue weighted by molar-refractivity contribution is 6.31. The lowest BCUT2D eigenvalue weighted by atomic mass is 10.1. The monoisotopic (exact) mass is 285 g/mol. The van der Waals surface area contributed by atoms with Gasteiger partial charge in [-0.1, -0.05) is 25.4 Å². The van der Waals surface area contributed by atoms with E-state index >= 15 is 0 Å². The van der Waals surface area contributed by atoms with Crippen molar-refractivity contribution in [3.63, 3.8) is 0 Å². The second-order valence-corrected chi connectivity index (χ2v) is 5.34. The second-order valence-electron chi connectivity index (χ2n) is 4.98. The normalized spacial score (nSPS) is 15.9. The number of hydrogen-bond donors (Lipinski definition) is 0. The van der Waals surface area contributed by atoms with Gasteiger partial charge in [-0.05, 0) is 5.92 Å². The van der Waals surface area contributed by atoms with Crippen LogP contribution in [0.2, 0.25) is 5.15 Å². The summed E-state index contributed by atoms with van der Waals surface area (Å²) in [6.45, 7) is 7.26. The van der Waals surface area contributed by atoms with E-state index in [-0.39, 0.29) is 0 Å². The van der Waals surface area contributed by atoms with Gasteiger partial charge in [0.15, 0.2) is 16.7 Å². The zero-order chi connectivity index (χ0) is 13.8. The summed E-state index contributed by atoms with van der Waals surface area (Å²) in [7, 11) is 1.59. The van der Waals surface area contributed by atoms with Gasteiger partial charge in [-0.25, -0.2) is 9.97 Å². The molecule has 1 fully saturated rings. The predicted octanol–water partition coefficient (Wildman–Crippen LogP) is 2.17. The van der Waals surface area contributed by atoms with Gasteiger partial charge in [0.1, 0.15) is 5.82 Å². The van der Waals surface area contributed by atoms with E-state index in [2.05, 4.69) is 28.7 Å². The van der Waals surface area contributed by atoms with Crippen LogP contribution in [-0.2, 0) is 11.2 Å². The molecule has 1 aromatic heterocycles. The minimum absolute atomic E-state index is 0.384. The van der Waals surface area contributed by atoms with Crippen molar-refractivity contribution < 1.29 is 9.47 Å². The van der Waals surface area contributed by atoms with Crippen LogP contribution in [0.3, 0.4) is 0 Å². The average Bonchev–Trinajstić information content (AvgIpc) is 2.38. The van der Waals surface area contributed by atoms with Crippen LogP contribution in [-0.4, -0.2) is 43.4 Å². The largest absolute Gasteiger partial charge is 0.490 e. The van der Waals surface area contributed by atoms with Gasteiger partial charge in [0.2, 0.25) is 0 Å². The summed E-state index contributed by atoms with van der Waals surface area (Å²) in [6.07, 6.45) is 0.807. The predicted molar refractivity (Wildman–Crippen MR) is 75.2 cm³/mol. The van der Waals surface area contributed by atoms with Crippen LogP contribution >= 0.6 is 11.6 Å². The summed E-state index contributed by atoms with van der Waals surface area (Å²) in [5, 5.41) is 0.384. The van der Waals surface area contributed by atoms with E-state index in [0.29, 0.717) is 30.0 Å². The summed E-state index contributed by atoms with van der Waals surface area (Å²) >= 11 is 6.20. The molecule has 0 saturated carbocycles. The molecule has 1 aromatic rings. The molecule has 106 valence electrons. The molecule has 0 amide bonds. The van der Waals surface area contributed by atoms with Crippen LogP contribution in [0.15, 0.2) is 0 Å². The van der Waals surface area contributed by atoms with E-state index in [1.165, 1.54) is 0 Å². The lowest BCUT2D eigenvalue weighted by molar-refractivity contribution is 0.122. The number of halogens is 1. The van der Waals surface area contributed by atoms with Crippen LogP contribution in [0.5, 0.6) is 5.75 Å². The van der Waals surface area contributed by atoms with Crippen LogP contribution < -0.4 is 9.64 Å². The number of hydrogen-bond acceptors (Lipinski definition) is 5. The van der Waals surface area contributed by atoms with Crippen LogP contribution in [0.4, 0.5) is 5.82 Å². The first-order valence-corrected chi connectivity index (χ1v) is 6.92. The molecule has 2 rings (SSSR count). The van der Waals surface area contributed by atoms with E-state index in [9.17, 15) is 0 Å². The van der Waals surface area contributed by atoms with Crippen LogP contribution in [0, 0.1) is 5.92 Å². The maximum atomic E-state index is 6.20. The number of nitrogens with zero attached hydrogens (tertiary/aromatic N) is 3. The fourth-order valence-electron chi connectivity index (χ4n) is 2.08. The van der Waals surface area contributed by atoms with Crippen LogP contribution in [0.25, 0.3) is 0 Å². The molecule has 1 saturated heterocycles. The molecule has 0 bridgehead atoms. The second kappa shape index (κ2) is 6.39. The van der Waals surface area contributed by atoms with Crippen molar-refractivity contribution >= 4 is 17.4 Å². The van der Waals surface area contributed by atoms with Crippen molar-refractivity contribution in [2.24, 2.45) is 5.92 Å². The quantitative estimate of drug-likeness (QED) is 0.794.